The van der Waals surface area contributed by atoms with Crippen LogP contribution in [0.15, 0.2) is 16.0 Å². The Morgan fingerprint density at radius 3 is 2.61 bits per heavy atom. The van der Waals surface area contributed by atoms with Gasteiger partial charge in [-0.05, 0) is 44.4 Å². The highest BCUT2D eigenvalue weighted by Crippen LogP contribution is 2.26. The minimum absolute atomic E-state index is 0.0540. The molecule has 2 heterocycles. The van der Waals surface area contributed by atoms with E-state index in [1.807, 2.05) is 4.90 Å². The van der Waals surface area contributed by atoms with Gasteiger partial charge in [0, 0.05) is 31.3 Å². The van der Waals surface area contributed by atoms with E-state index < -0.39 is 11.7 Å². The molecule has 3 fully saturated rings. The molecule has 3 amide bonds. The van der Waals surface area contributed by atoms with Crippen LogP contribution in [0.1, 0.15) is 57.8 Å². The summed E-state index contributed by atoms with van der Waals surface area (Å²) in [6.07, 6.45) is 11.0. The number of alkyl carbamates (subject to hydrolysis) is 1. The molecule has 2 saturated carbocycles. The molecule has 4 rings (SSSR count). The van der Waals surface area contributed by atoms with Gasteiger partial charge in [0.05, 0.1) is 18.4 Å². The lowest BCUT2D eigenvalue weighted by Crippen LogP contribution is -2.40. The van der Waals surface area contributed by atoms with E-state index in [1.54, 1.807) is 6.21 Å². The minimum atomic E-state index is -0.439. The molecule has 0 bridgehead atoms. The number of rotatable bonds is 5. The molecule has 33 heavy (non-hydrogen) atoms. The number of amides is 3. The molecule has 180 valence electrons. The summed E-state index contributed by atoms with van der Waals surface area (Å²) in [7, 11) is 0. The lowest BCUT2D eigenvalue weighted by Gasteiger charge is -2.27. The zero-order chi connectivity index (χ0) is 23.2. The van der Waals surface area contributed by atoms with Gasteiger partial charge in [-0.15, -0.1) is 0 Å². The molecule has 1 aromatic heterocycles. The normalized spacial score (nSPS) is 26.0. The molecule has 0 spiro atoms. The summed E-state index contributed by atoms with van der Waals surface area (Å²) in [5, 5.41) is 12.1. The fourth-order valence-electron chi connectivity index (χ4n) is 4.86. The second kappa shape index (κ2) is 11.0. The number of carbonyl (C=O) groups excluding carboxylic acids is 2. The van der Waals surface area contributed by atoms with Crippen LogP contribution >= 0.6 is 11.6 Å². The zero-order valence-corrected chi connectivity index (χ0v) is 19.4. The number of aromatic nitrogens is 2. The molecule has 1 atom stereocenters. The van der Waals surface area contributed by atoms with Crippen molar-refractivity contribution >= 4 is 35.6 Å². The summed E-state index contributed by atoms with van der Waals surface area (Å²) >= 11 is 6.07. The first-order valence-electron chi connectivity index (χ1n) is 11.8. The molecule has 1 aromatic rings. The highest BCUT2D eigenvalue weighted by atomic mass is 35.5. The number of carbonyl (C=O) groups is 2. The summed E-state index contributed by atoms with van der Waals surface area (Å²) < 4.78 is 5.58. The maximum absolute atomic E-state index is 12.4. The third-order valence-corrected chi connectivity index (χ3v) is 7.08. The third-order valence-electron chi connectivity index (χ3n) is 6.72. The van der Waals surface area contributed by atoms with Gasteiger partial charge in [0.25, 0.3) is 5.56 Å². The van der Waals surface area contributed by atoms with Crippen molar-refractivity contribution in [3.8, 4) is 0 Å². The molecule has 1 saturated heterocycles. The third kappa shape index (κ3) is 6.46. The van der Waals surface area contributed by atoms with Gasteiger partial charge in [-0.2, -0.15) is 5.10 Å². The molecule has 1 aliphatic heterocycles. The van der Waals surface area contributed by atoms with Crippen molar-refractivity contribution in [2.45, 2.75) is 76.0 Å². The van der Waals surface area contributed by atoms with Gasteiger partial charge in [0.15, 0.2) is 0 Å². The highest BCUT2D eigenvalue weighted by molar-refractivity contribution is 6.33. The molecular weight excluding hydrogens is 448 g/mol. The van der Waals surface area contributed by atoms with Gasteiger partial charge >= 0.3 is 12.1 Å². The molecule has 10 nitrogen and oxygen atoms in total. The number of nitrogens with one attached hydrogen (secondary N) is 3. The average Bonchev–Trinajstić information content (AvgIpc) is 3.47. The average molecular weight is 479 g/mol. The molecule has 0 aromatic carbocycles. The second-order valence-corrected chi connectivity index (χ2v) is 9.50. The van der Waals surface area contributed by atoms with E-state index in [2.05, 4.69) is 25.8 Å². The van der Waals surface area contributed by atoms with Crippen molar-refractivity contribution in [1.82, 2.24) is 20.8 Å². The topological polar surface area (TPSA) is 129 Å². The van der Waals surface area contributed by atoms with Crippen LogP contribution in [0.5, 0.6) is 0 Å². The lowest BCUT2D eigenvalue weighted by molar-refractivity contribution is 0.102. The SMILES string of the molecule is O=C(N=CC1CCC(NC(=O)O[C@@H]2CCN(c3cn[nH]c(=O)c3Cl)C2)CC1)NC1CCCC1. The van der Waals surface area contributed by atoms with Crippen LogP contribution in [0.25, 0.3) is 0 Å². The van der Waals surface area contributed by atoms with Crippen molar-refractivity contribution in [2.75, 3.05) is 18.0 Å². The molecule has 2 aliphatic carbocycles. The Balaban J connectivity index is 1.15. The monoisotopic (exact) mass is 478 g/mol. The summed E-state index contributed by atoms with van der Waals surface area (Å²) in [4.78, 5) is 41.9. The van der Waals surface area contributed by atoms with Gasteiger partial charge < -0.3 is 20.3 Å². The van der Waals surface area contributed by atoms with Gasteiger partial charge in [-0.3, -0.25) is 4.79 Å². The molecule has 3 N–H and O–H groups in total. The van der Waals surface area contributed by atoms with Crippen LogP contribution in [0.3, 0.4) is 0 Å². The molecule has 0 unspecified atom stereocenters. The first-order chi connectivity index (χ1) is 16.0. The Morgan fingerprint density at radius 1 is 1.12 bits per heavy atom. The number of hydrogen-bond donors (Lipinski definition) is 3. The van der Waals surface area contributed by atoms with Crippen molar-refractivity contribution in [3.05, 3.63) is 21.6 Å². The van der Waals surface area contributed by atoms with Gasteiger partial charge in [-0.25, -0.2) is 19.7 Å². The Labute approximate surface area is 197 Å². The summed E-state index contributed by atoms with van der Waals surface area (Å²) in [5.41, 5.74) is 0.107. The number of hydrogen-bond acceptors (Lipinski definition) is 6. The van der Waals surface area contributed by atoms with E-state index in [4.69, 9.17) is 16.3 Å². The number of aliphatic imine (C=N–C) groups is 1. The van der Waals surface area contributed by atoms with Crippen LogP contribution in [-0.4, -0.2) is 59.8 Å². The van der Waals surface area contributed by atoms with Crippen LogP contribution in [0, 0.1) is 5.92 Å². The molecular formula is C22H31ClN6O4. The minimum Gasteiger partial charge on any atom is -0.444 e. The van der Waals surface area contributed by atoms with E-state index in [0.717, 1.165) is 38.5 Å². The van der Waals surface area contributed by atoms with Crippen LogP contribution in [0.4, 0.5) is 15.3 Å². The van der Waals surface area contributed by atoms with Gasteiger partial charge in [0.1, 0.15) is 11.1 Å². The first-order valence-corrected chi connectivity index (χ1v) is 12.2. The van der Waals surface area contributed by atoms with E-state index in [0.29, 0.717) is 25.2 Å². The molecule has 11 heteroatoms. The predicted octanol–water partition coefficient (Wildman–Crippen LogP) is 3.01. The fraction of sp³-hybridized carbons (Fsp3) is 0.682. The summed E-state index contributed by atoms with van der Waals surface area (Å²) in [6.45, 7) is 1.09. The number of H-pyrrole nitrogens is 1. The number of urea groups is 1. The zero-order valence-electron chi connectivity index (χ0n) is 18.6. The van der Waals surface area contributed by atoms with Crippen LogP contribution in [-0.2, 0) is 4.74 Å². The molecule has 0 radical (unpaired) electrons. The van der Waals surface area contributed by atoms with Crippen molar-refractivity contribution in [3.63, 3.8) is 0 Å². The summed E-state index contributed by atoms with van der Waals surface area (Å²) in [6, 6.07) is 0.0864. The van der Waals surface area contributed by atoms with E-state index in [1.165, 1.54) is 19.0 Å². The van der Waals surface area contributed by atoms with E-state index in [-0.39, 0.29) is 35.2 Å². The van der Waals surface area contributed by atoms with Crippen LogP contribution in [0.2, 0.25) is 5.02 Å². The van der Waals surface area contributed by atoms with Crippen molar-refractivity contribution in [2.24, 2.45) is 10.9 Å². The number of nitrogens with zero attached hydrogens (tertiary/aromatic N) is 3. The highest BCUT2D eigenvalue weighted by Gasteiger charge is 2.29. The number of ether oxygens (including phenoxy) is 1. The van der Waals surface area contributed by atoms with Gasteiger partial charge in [-0.1, -0.05) is 24.4 Å². The molecule has 3 aliphatic rings. The van der Waals surface area contributed by atoms with Crippen molar-refractivity contribution in [1.29, 1.82) is 0 Å². The van der Waals surface area contributed by atoms with Gasteiger partial charge in [0.2, 0.25) is 0 Å². The Bertz CT molecular complexity index is 924. The Morgan fingerprint density at radius 2 is 1.85 bits per heavy atom. The predicted molar refractivity (Wildman–Crippen MR) is 125 cm³/mol. The Hall–Kier alpha value is -2.62. The largest absolute Gasteiger partial charge is 0.444 e. The number of halogens is 1. The first kappa shape index (κ1) is 23.5. The lowest BCUT2D eigenvalue weighted by atomic mass is 9.87. The maximum atomic E-state index is 12.4. The van der Waals surface area contributed by atoms with Crippen LogP contribution < -0.4 is 21.1 Å². The fourth-order valence-corrected chi connectivity index (χ4v) is 5.07. The maximum Gasteiger partial charge on any atom is 0.407 e. The second-order valence-electron chi connectivity index (χ2n) is 9.13. The summed E-state index contributed by atoms with van der Waals surface area (Å²) in [5.74, 6) is 0.254. The number of anilines is 1. The smallest absolute Gasteiger partial charge is 0.407 e. The van der Waals surface area contributed by atoms with E-state index in [9.17, 15) is 14.4 Å². The quantitative estimate of drug-likeness (QED) is 0.558. The Kier molecular flexibility index (Phi) is 7.85. The number of aromatic amines is 1. The van der Waals surface area contributed by atoms with E-state index >= 15 is 0 Å². The standard InChI is InChI=1S/C22H31ClN6O4/c23-19-18(12-25-28-20(19)30)29-10-9-17(13-29)33-22(32)27-16-7-5-14(6-8-16)11-24-21(31)26-15-3-1-2-4-15/h11-12,14-17H,1-10,13H2,(H,26,31)(H,27,32)(H,28,30)/t14?,16?,17-/m1/s1. The van der Waals surface area contributed by atoms with Crippen molar-refractivity contribution < 1.29 is 14.3 Å².